The van der Waals surface area contributed by atoms with Crippen LogP contribution in [0.2, 0.25) is 0 Å². The number of nitrogens with zero attached hydrogens (tertiary/aromatic N) is 1. The Morgan fingerprint density at radius 1 is 1.38 bits per heavy atom. The third kappa shape index (κ3) is 3.24. The second kappa shape index (κ2) is 5.87. The number of nitrogens with one attached hydrogen (secondary N) is 2. The Labute approximate surface area is 118 Å². The van der Waals surface area contributed by atoms with Gasteiger partial charge >= 0.3 is 5.97 Å². The SMILES string of the molecule is COc1cc(NC(=O)c2c[nH]c(=O)cn2)ccc1C(=O)O. The van der Waals surface area contributed by atoms with Crippen LogP contribution in [0.3, 0.4) is 0 Å². The smallest absolute Gasteiger partial charge is 0.339 e. The van der Waals surface area contributed by atoms with Crippen molar-refractivity contribution in [3.05, 3.63) is 52.2 Å². The summed E-state index contributed by atoms with van der Waals surface area (Å²) in [6.45, 7) is 0. The van der Waals surface area contributed by atoms with E-state index in [1.165, 1.54) is 31.5 Å². The number of aromatic carboxylic acids is 1. The monoisotopic (exact) mass is 289 g/mol. The number of benzene rings is 1. The standard InChI is InChI=1S/C13H11N3O5/c1-21-10-4-7(2-3-8(10)13(19)20)16-12(18)9-5-15-11(17)6-14-9/h2-6H,1H3,(H,15,17)(H,16,18)(H,19,20). The highest BCUT2D eigenvalue weighted by Gasteiger charge is 2.13. The lowest BCUT2D eigenvalue weighted by atomic mass is 10.2. The number of anilines is 1. The summed E-state index contributed by atoms with van der Waals surface area (Å²) in [5.74, 6) is -1.56. The number of carboxylic acids is 1. The molecule has 2 rings (SSSR count). The van der Waals surface area contributed by atoms with E-state index in [0.717, 1.165) is 6.20 Å². The fraction of sp³-hybridized carbons (Fsp3) is 0.0769. The predicted molar refractivity (Wildman–Crippen MR) is 72.8 cm³/mol. The Morgan fingerprint density at radius 3 is 2.71 bits per heavy atom. The van der Waals surface area contributed by atoms with Gasteiger partial charge in [0.25, 0.3) is 11.5 Å². The van der Waals surface area contributed by atoms with Crippen molar-refractivity contribution in [3.63, 3.8) is 0 Å². The van der Waals surface area contributed by atoms with Crippen molar-refractivity contribution in [1.29, 1.82) is 0 Å². The van der Waals surface area contributed by atoms with E-state index < -0.39 is 17.4 Å². The van der Waals surface area contributed by atoms with E-state index >= 15 is 0 Å². The molecule has 8 nitrogen and oxygen atoms in total. The van der Waals surface area contributed by atoms with Crippen LogP contribution < -0.4 is 15.6 Å². The highest BCUT2D eigenvalue weighted by Crippen LogP contribution is 2.23. The molecule has 21 heavy (non-hydrogen) atoms. The molecule has 0 aliphatic rings. The van der Waals surface area contributed by atoms with Crippen LogP contribution >= 0.6 is 0 Å². The summed E-state index contributed by atoms with van der Waals surface area (Å²) < 4.78 is 4.96. The van der Waals surface area contributed by atoms with Gasteiger partial charge in [-0.25, -0.2) is 9.78 Å². The first-order valence-corrected chi connectivity index (χ1v) is 5.78. The maximum Gasteiger partial charge on any atom is 0.339 e. The zero-order valence-corrected chi connectivity index (χ0v) is 10.9. The Morgan fingerprint density at radius 2 is 2.14 bits per heavy atom. The zero-order chi connectivity index (χ0) is 15.4. The molecule has 0 atom stereocenters. The number of hydrogen-bond donors (Lipinski definition) is 3. The first kappa shape index (κ1) is 14.3. The van der Waals surface area contributed by atoms with Gasteiger partial charge in [0.1, 0.15) is 17.0 Å². The maximum absolute atomic E-state index is 11.9. The lowest BCUT2D eigenvalue weighted by Crippen LogP contribution is -2.17. The van der Waals surface area contributed by atoms with Gasteiger partial charge in [-0.05, 0) is 12.1 Å². The summed E-state index contributed by atoms with van der Waals surface area (Å²) in [4.78, 5) is 39.7. The van der Waals surface area contributed by atoms with Gasteiger partial charge in [0.15, 0.2) is 0 Å². The summed E-state index contributed by atoms with van der Waals surface area (Å²) in [7, 11) is 1.33. The third-order valence-corrected chi connectivity index (χ3v) is 2.59. The minimum Gasteiger partial charge on any atom is -0.496 e. The molecule has 0 aliphatic carbocycles. The van der Waals surface area contributed by atoms with E-state index in [4.69, 9.17) is 9.84 Å². The number of aromatic nitrogens is 2. The van der Waals surface area contributed by atoms with Crippen molar-refractivity contribution in [3.8, 4) is 5.75 Å². The maximum atomic E-state index is 11.9. The molecule has 0 saturated carbocycles. The quantitative estimate of drug-likeness (QED) is 0.762. The molecule has 0 aliphatic heterocycles. The van der Waals surface area contributed by atoms with Crippen LogP contribution in [-0.2, 0) is 0 Å². The number of rotatable bonds is 4. The van der Waals surface area contributed by atoms with Gasteiger partial charge < -0.3 is 20.1 Å². The zero-order valence-electron chi connectivity index (χ0n) is 10.9. The number of hydrogen-bond acceptors (Lipinski definition) is 5. The molecule has 2 aromatic rings. The summed E-state index contributed by atoms with van der Waals surface area (Å²) in [5.41, 5.74) is -0.0672. The fourth-order valence-corrected chi connectivity index (χ4v) is 1.61. The molecule has 0 spiro atoms. The molecule has 1 aromatic heterocycles. The molecule has 0 radical (unpaired) electrons. The minimum atomic E-state index is -1.13. The Hall–Kier alpha value is -3.16. The summed E-state index contributed by atoms with van der Waals surface area (Å²) >= 11 is 0. The lowest BCUT2D eigenvalue weighted by molar-refractivity contribution is 0.0693. The van der Waals surface area contributed by atoms with Gasteiger partial charge in [0.05, 0.1) is 13.3 Å². The Bertz CT molecular complexity index is 733. The molecule has 3 N–H and O–H groups in total. The predicted octanol–water partition coefficient (Wildman–Crippen LogP) is 0.729. The molecular formula is C13H11N3O5. The molecule has 0 unspecified atom stereocenters. The van der Waals surface area contributed by atoms with Crippen LogP contribution in [0.1, 0.15) is 20.8 Å². The highest BCUT2D eigenvalue weighted by molar-refractivity contribution is 6.03. The largest absolute Gasteiger partial charge is 0.496 e. The van der Waals surface area contributed by atoms with Gasteiger partial charge in [-0.15, -0.1) is 0 Å². The topological polar surface area (TPSA) is 121 Å². The van der Waals surface area contributed by atoms with Crippen LogP contribution in [-0.4, -0.2) is 34.1 Å². The van der Waals surface area contributed by atoms with Crippen molar-refractivity contribution in [1.82, 2.24) is 9.97 Å². The summed E-state index contributed by atoms with van der Waals surface area (Å²) in [6, 6.07) is 4.12. The molecule has 0 bridgehead atoms. The van der Waals surface area contributed by atoms with Gasteiger partial charge in [0.2, 0.25) is 0 Å². The number of ether oxygens (including phenoxy) is 1. The number of H-pyrrole nitrogens is 1. The molecule has 1 amide bonds. The van der Waals surface area contributed by atoms with Crippen molar-refractivity contribution in [2.45, 2.75) is 0 Å². The first-order valence-electron chi connectivity index (χ1n) is 5.78. The average Bonchev–Trinajstić information content (AvgIpc) is 2.47. The second-order valence-electron chi connectivity index (χ2n) is 3.97. The van der Waals surface area contributed by atoms with Crippen molar-refractivity contribution >= 4 is 17.6 Å². The number of amides is 1. The third-order valence-electron chi connectivity index (χ3n) is 2.59. The van der Waals surface area contributed by atoms with Crippen LogP contribution in [0.15, 0.2) is 35.4 Å². The van der Waals surface area contributed by atoms with E-state index in [0.29, 0.717) is 5.69 Å². The average molecular weight is 289 g/mol. The van der Waals surface area contributed by atoms with E-state index in [1.54, 1.807) is 0 Å². The van der Waals surface area contributed by atoms with Gasteiger partial charge in [-0.1, -0.05) is 0 Å². The van der Waals surface area contributed by atoms with Crippen LogP contribution in [0, 0.1) is 0 Å². The first-order chi connectivity index (χ1) is 10.0. The molecular weight excluding hydrogens is 278 g/mol. The molecule has 1 heterocycles. The molecule has 108 valence electrons. The number of carbonyl (C=O) groups is 2. The number of carbonyl (C=O) groups excluding carboxylic acids is 1. The van der Waals surface area contributed by atoms with Crippen molar-refractivity contribution < 1.29 is 19.4 Å². The van der Waals surface area contributed by atoms with E-state index in [9.17, 15) is 14.4 Å². The molecule has 8 heteroatoms. The Kier molecular flexibility index (Phi) is 3.98. The van der Waals surface area contributed by atoms with Crippen molar-refractivity contribution in [2.24, 2.45) is 0 Å². The minimum absolute atomic E-state index is 0.0161. The number of aromatic amines is 1. The van der Waals surface area contributed by atoms with E-state index in [2.05, 4.69) is 15.3 Å². The van der Waals surface area contributed by atoms with Gasteiger partial charge in [-0.2, -0.15) is 0 Å². The molecule has 0 saturated heterocycles. The van der Waals surface area contributed by atoms with E-state index in [-0.39, 0.29) is 17.0 Å². The number of carboxylic acid groups (broad SMARTS) is 1. The molecule has 0 fully saturated rings. The van der Waals surface area contributed by atoms with Crippen LogP contribution in [0.25, 0.3) is 0 Å². The fourth-order valence-electron chi connectivity index (χ4n) is 1.61. The second-order valence-corrected chi connectivity index (χ2v) is 3.97. The molecule has 1 aromatic carbocycles. The van der Waals surface area contributed by atoms with Gasteiger partial charge in [0, 0.05) is 18.0 Å². The van der Waals surface area contributed by atoms with Gasteiger partial charge in [-0.3, -0.25) is 9.59 Å². The van der Waals surface area contributed by atoms with E-state index in [1.807, 2.05) is 0 Å². The number of methoxy groups -OCH3 is 1. The highest BCUT2D eigenvalue weighted by atomic mass is 16.5. The summed E-state index contributed by atoms with van der Waals surface area (Å²) in [5, 5.41) is 11.5. The normalized spacial score (nSPS) is 9.95. The van der Waals surface area contributed by atoms with Crippen molar-refractivity contribution in [2.75, 3.05) is 12.4 Å². The lowest BCUT2D eigenvalue weighted by Gasteiger charge is -2.09. The van der Waals surface area contributed by atoms with Crippen LogP contribution in [0.4, 0.5) is 5.69 Å². The Balaban J connectivity index is 2.23. The summed E-state index contributed by atoms with van der Waals surface area (Å²) in [6.07, 6.45) is 2.17. The van der Waals surface area contributed by atoms with Crippen LogP contribution in [0.5, 0.6) is 5.75 Å².